The first-order valence-corrected chi connectivity index (χ1v) is 10.8. The first-order valence-electron chi connectivity index (χ1n) is 9.79. The number of thioether (sulfide) groups is 1. The molecule has 3 aromatic carbocycles. The van der Waals surface area contributed by atoms with Crippen LogP contribution in [0.5, 0.6) is 0 Å². The minimum atomic E-state index is 0. The molecule has 0 aromatic heterocycles. The van der Waals surface area contributed by atoms with Gasteiger partial charge in [0, 0.05) is 10.8 Å². The second kappa shape index (κ2) is 12.7. The molecule has 0 N–H and O–H groups in total. The molecule has 0 aliphatic carbocycles. The topological polar surface area (TPSA) is 3.24 Å². The van der Waals surface area contributed by atoms with E-state index in [2.05, 4.69) is 103 Å². The Morgan fingerprint density at radius 1 is 0.714 bits per heavy atom. The number of rotatable bonds is 10. The summed E-state index contributed by atoms with van der Waals surface area (Å²) in [4.78, 5) is 3.85. The normalized spacial score (nSPS) is 10.8. The van der Waals surface area contributed by atoms with Gasteiger partial charge in [-0.2, -0.15) is 0 Å². The largest absolute Gasteiger partial charge is 0.306 e. The molecule has 0 radical (unpaired) electrons. The molecule has 0 atom stereocenters. The van der Waals surface area contributed by atoms with Crippen LogP contribution in [-0.2, 0) is 0 Å². The molecule has 0 saturated carbocycles. The fourth-order valence-electron chi connectivity index (χ4n) is 3.40. The lowest BCUT2D eigenvalue weighted by Gasteiger charge is -2.22. The zero-order chi connectivity index (χ0) is 18.7. The number of halogens is 1. The van der Waals surface area contributed by atoms with Crippen molar-refractivity contribution in [2.75, 3.05) is 25.9 Å². The van der Waals surface area contributed by atoms with Crippen LogP contribution < -0.4 is 0 Å². The van der Waals surface area contributed by atoms with Gasteiger partial charge in [-0.3, -0.25) is 0 Å². The third-order valence-electron chi connectivity index (χ3n) is 4.90. The van der Waals surface area contributed by atoms with Crippen LogP contribution in [0.4, 0.5) is 0 Å². The van der Waals surface area contributed by atoms with E-state index in [1.165, 1.54) is 28.2 Å². The summed E-state index contributed by atoms with van der Waals surface area (Å²) >= 11 is 1.95. The molecular formula is C25H30ClNS. The Bertz CT molecular complexity index is 725. The summed E-state index contributed by atoms with van der Waals surface area (Å²) in [5.41, 5.74) is 2.83. The lowest BCUT2D eigenvalue weighted by molar-refractivity contribution is 0.325. The van der Waals surface area contributed by atoms with E-state index in [-0.39, 0.29) is 12.4 Å². The van der Waals surface area contributed by atoms with Crippen molar-refractivity contribution in [3.63, 3.8) is 0 Å². The van der Waals surface area contributed by atoms with Crippen LogP contribution in [-0.4, -0.2) is 30.8 Å². The highest BCUT2D eigenvalue weighted by Crippen LogP contribution is 2.28. The van der Waals surface area contributed by atoms with E-state index in [0.29, 0.717) is 5.92 Å². The molecule has 0 fully saturated rings. The smallest absolute Gasteiger partial charge is 0.0101 e. The molecule has 0 unspecified atom stereocenters. The van der Waals surface area contributed by atoms with Crippen molar-refractivity contribution in [2.45, 2.75) is 23.7 Å². The Labute approximate surface area is 180 Å². The number of benzene rings is 3. The van der Waals surface area contributed by atoms with Crippen molar-refractivity contribution in [2.24, 2.45) is 0 Å². The molecule has 0 spiro atoms. The summed E-state index contributed by atoms with van der Waals surface area (Å²) in [6.07, 6.45) is 2.37. The molecule has 28 heavy (non-hydrogen) atoms. The van der Waals surface area contributed by atoms with Gasteiger partial charge in [-0.15, -0.1) is 24.2 Å². The molecule has 3 rings (SSSR count). The maximum Gasteiger partial charge on any atom is 0.0101 e. The van der Waals surface area contributed by atoms with Crippen molar-refractivity contribution in [3.05, 3.63) is 102 Å². The second-order valence-electron chi connectivity index (χ2n) is 6.98. The Balaban J connectivity index is 0.00000280. The van der Waals surface area contributed by atoms with Crippen LogP contribution >= 0.6 is 24.2 Å². The van der Waals surface area contributed by atoms with E-state index in [9.17, 15) is 0 Å². The predicted octanol–water partition coefficient (Wildman–Crippen LogP) is 6.74. The van der Waals surface area contributed by atoms with Gasteiger partial charge in [0.2, 0.25) is 0 Å². The summed E-state index contributed by atoms with van der Waals surface area (Å²) in [6, 6.07) is 32.5. The van der Waals surface area contributed by atoms with Crippen LogP contribution in [0, 0.1) is 0 Å². The average Bonchev–Trinajstić information content (AvgIpc) is 2.74. The van der Waals surface area contributed by atoms with Gasteiger partial charge in [0.25, 0.3) is 0 Å². The number of hydrogen-bond acceptors (Lipinski definition) is 2. The van der Waals surface area contributed by atoms with E-state index in [4.69, 9.17) is 0 Å². The Morgan fingerprint density at radius 2 is 1.21 bits per heavy atom. The third kappa shape index (κ3) is 7.35. The van der Waals surface area contributed by atoms with Crippen molar-refractivity contribution in [1.82, 2.24) is 4.90 Å². The third-order valence-corrected chi connectivity index (χ3v) is 6.00. The zero-order valence-corrected chi connectivity index (χ0v) is 18.2. The second-order valence-corrected chi connectivity index (χ2v) is 8.15. The molecule has 0 aliphatic rings. The fraction of sp³-hybridized carbons (Fsp3) is 0.280. The summed E-state index contributed by atoms with van der Waals surface area (Å²) < 4.78 is 0. The summed E-state index contributed by atoms with van der Waals surface area (Å²) in [5, 5.41) is 0. The van der Waals surface area contributed by atoms with Gasteiger partial charge in [0.15, 0.2) is 0 Å². The lowest BCUT2D eigenvalue weighted by Crippen LogP contribution is -2.23. The fourth-order valence-corrected chi connectivity index (χ4v) is 4.26. The van der Waals surface area contributed by atoms with Crippen LogP contribution in [0.3, 0.4) is 0 Å². The Kier molecular flexibility index (Phi) is 10.2. The van der Waals surface area contributed by atoms with Gasteiger partial charge >= 0.3 is 0 Å². The molecule has 0 aliphatic heterocycles. The molecule has 3 aromatic rings. The van der Waals surface area contributed by atoms with Gasteiger partial charge in [-0.1, -0.05) is 78.9 Å². The van der Waals surface area contributed by atoms with Crippen LogP contribution in [0.15, 0.2) is 95.9 Å². The summed E-state index contributed by atoms with van der Waals surface area (Å²) in [5.74, 6) is 1.64. The molecule has 0 bridgehead atoms. The minimum Gasteiger partial charge on any atom is -0.306 e. The van der Waals surface area contributed by atoms with Gasteiger partial charge < -0.3 is 4.90 Å². The first-order chi connectivity index (χ1) is 13.3. The SMILES string of the molecule is CN(CCCSc1ccccc1)CCC(c1ccccc1)c1ccccc1.Cl. The Hall–Kier alpha value is -1.74. The zero-order valence-electron chi connectivity index (χ0n) is 16.5. The number of hydrogen-bond donors (Lipinski definition) is 0. The Morgan fingerprint density at radius 3 is 1.75 bits per heavy atom. The van der Waals surface area contributed by atoms with Gasteiger partial charge in [-0.05, 0) is 62.0 Å². The predicted molar refractivity (Wildman–Crippen MR) is 126 cm³/mol. The van der Waals surface area contributed by atoms with Gasteiger partial charge in [0.05, 0.1) is 0 Å². The van der Waals surface area contributed by atoms with Crippen LogP contribution in [0.1, 0.15) is 29.9 Å². The molecule has 148 valence electrons. The van der Waals surface area contributed by atoms with Crippen molar-refractivity contribution in [3.8, 4) is 0 Å². The van der Waals surface area contributed by atoms with Crippen molar-refractivity contribution in [1.29, 1.82) is 0 Å². The highest BCUT2D eigenvalue weighted by atomic mass is 35.5. The minimum absolute atomic E-state index is 0. The highest BCUT2D eigenvalue weighted by Gasteiger charge is 2.14. The molecule has 3 heteroatoms. The molecule has 0 amide bonds. The first kappa shape index (κ1) is 22.5. The standard InChI is InChI=1S/C25H29NS.ClH/c1-26(19-11-21-27-24-16-9-4-10-17-24)20-18-25(22-12-5-2-6-13-22)23-14-7-3-8-15-23;/h2-10,12-17,25H,11,18-21H2,1H3;1H. The maximum atomic E-state index is 2.48. The maximum absolute atomic E-state index is 2.48. The van der Waals surface area contributed by atoms with Gasteiger partial charge in [-0.25, -0.2) is 0 Å². The molecule has 0 heterocycles. The molecule has 0 saturated heterocycles. The molecule has 1 nitrogen and oxygen atoms in total. The van der Waals surface area contributed by atoms with E-state index in [1.54, 1.807) is 0 Å². The van der Waals surface area contributed by atoms with E-state index < -0.39 is 0 Å². The van der Waals surface area contributed by atoms with E-state index in [0.717, 1.165) is 19.5 Å². The van der Waals surface area contributed by atoms with Crippen LogP contribution in [0.2, 0.25) is 0 Å². The van der Waals surface area contributed by atoms with E-state index in [1.807, 2.05) is 11.8 Å². The average molecular weight is 412 g/mol. The number of nitrogens with zero attached hydrogens (tertiary/aromatic N) is 1. The van der Waals surface area contributed by atoms with Crippen LogP contribution in [0.25, 0.3) is 0 Å². The monoisotopic (exact) mass is 411 g/mol. The molecular weight excluding hydrogens is 382 g/mol. The highest BCUT2D eigenvalue weighted by molar-refractivity contribution is 7.99. The van der Waals surface area contributed by atoms with Gasteiger partial charge in [0.1, 0.15) is 0 Å². The lowest BCUT2D eigenvalue weighted by atomic mass is 9.88. The van der Waals surface area contributed by atoms with Crippen molar-refractivity contribution < 1.29 is 0 Å². The van der Waals surface area contributed by atoms with Crippen molar-refractivity contribution >= 4 is 24.2 Å². The van der Waals surface area contributed by atoms with E-state index >= 15 is 0 Å². The quantitative estimate of drug-likeness (QED) is 0.268. The summed E-state index contributed by atoms with van der Waals surface area (Å²) in [6.45, 7) is 2.26. The summed E-state index contributed by atoms with van der Waals surface area (Å²) in [7, 11) is 2.25.